The Bertz CT molecular complexity index is 1330. The summed E-state index contributed by atoms with van der Waals surface area (Å²) in [6.07, 6.45) is 3.62. The highest BCUT2D eigenvalue weighted by molar-refractivity contribution is 6.36. The number of rotatable bonds is 16. The minimum absolute atomic E-state index is 0.343. The minimum Gasteiger partial charge on any atom is -0.386 e. The van der Waals surface area contributed by atoms with Crippen LogP contribution >= 0.6 is 0 Å². The second-order valence-electron chi connectivity index (χ2n) is 10.8. The van der Waals surface area contributed by atoms with Gasteiger partial charge in [0.15, 0.2) is 0 Å². The molecule has 0 saturated heterocycles. The molecule has 3 nitrogen and oxygen atoms in total. The highest BCUT2D eigenvalue weighted by Gasteiger charge is 2.58. The molecule has 0 fully saturated rings. The minimum atomic E-state index is -1.58. The van der Waals surface area contributed by atoms with Crippen LogP contribution in [0.5, 0.6) is 0 Å². The lowest BCUT2D eigenvalue weighted by Crippen LogP contribution is -2.56. The van der Waals surface area contributed by atoms with Gasteiger partial charge < -0.3 is 14.0 Å². The van der Waals surface area contributed by atoms with Gasteiger partial charge in [-0.1, -0.05) is 82.1 Å². The summed E-state index contributed by atoms with van der Waals surface area (Å²) in [5, 5.41) is 0. The molecule has 0 heterocycles. The van der Waals surface area contributed by atoms with Gasteiger partial charge in [-0.3, -0.25) is 0 Å². The van der Waals surface area contributed by atoms with Crippen LogP contribution in [0.2, 0.25) is 0 Å². The first-order valence-electron chi connectivity index (χ1n) is 15.3. The summed E-state index contributed by atoms with van der Waals surface area (Å²) in [4.78, 5) is 0. The molecule has 8 heteroatoms. The van der Waals surface area contributed by atoms with Crippen LogP contribution in [0.25, 0.3) is 0 Å². The van der Waals surface area contributed by atoms with Crippen LogP contribution in [0.4, 0.5) is 17.6 Å². The van der Waals surface area contributed by atoms with Crippen molar-refractivity contribution in [2.75, 3.05) is 13.2 Å². The highest BCUT2D eigenvalue weighted by atomic mass is 19.1. The van der Waals surface area contributed by atoms with Gasteiger partial charge >= 0.3 is 7.32 Å². The van der Waals surface area contributed by atoms with Crippen molar-refractivity contribution in [3.05, 3.63) is 143 Å². The van der Waals surface area contributed by atoms with E-state index in [9.17, 15) is 17.6 Å². The first-order chi connectivity index (χ1) is 21.3. The largest absolute Gasteiger partial charge is 0.640 e. The average Bonchev–Trinajstić information content (AvgIpc) is 3.03. The molecule has 232 valence electrons. The molecule has 0 amide bonds. The molecule has 0 unspecified atom stereocenters. The van der Waals surface area contributed by atoms with Gasteiger partial charge in [0, 0.05) is 13.2 Å². The first kappa shape index (κ1) is 33.4. The molecule has 0 aliphatic heterocycles. The van der Waals surface area contributed by atoms with Gasteiger partial charge in [0.05, 0.1) is 5.41 Å². The van der Waals surface area contributed by atoms with E-state index in [1.807, 2.05) is 20.8 Å². The van der Waals surface area contributed by atoms with E-state index in [1.54, 1.807) is 48.5 Å². The Morgan fingerprint density at radius 2 is 0.818 bits per heavy atom. The molecule has 44 heavy (non-hydrogen) atoms. The second-order valence-corrected chi connectivity index (χ2v) is 10.8. The third-order valence-electron chi connectivity index (χ3n) is 8.08. The third kappa shape index (κ3) is 7.09. The predicted octanol–water partition coefficient (Wildman–Crippen LogP) is 9.52. The molecule has 0 aliphatic rings. The SMILES string of the molecule is CCCCOB(OCCCC)OC(c1ccc(F)cc1)(c1ccc(F)cc1)C(CC)(c1ccc(F)cc1)c1ccc(F)cc1. The van der Waals surface area contributed by atoms with E-state index in [0.29, 0.717) is 41.9 Å². The van der Waals surface area contributed by atoms with Gasteiger partial charge in [-0.2, -0.15) is 0 Å². The molecule has 4 rings (SSSR count). The molecular formula is C36H39BF4O3. The zero-order chi connectivity index (χ0) is 31.6. The monoisotopic (exact) mass is 606 g/mol. The van der Waals surface area contributed by atoms with Gasteiger partial charge in [-0.15, -0.1) is 0 Å². The quantitative estimate of drug-likeness (QED) is 0.0723. The molecule has 0 saturated carbocycles. The fourth-order valence-electron chi connectivity index (χ4n) is 5.87. The van der Waals surface area contributed by atoms with E-state index in [-0.39, 0.29) is 0 Å². The predicted molar refractivity (Wildman–Crippen MR) is 166 cm³/mol. The average molecular weight is 607 g/mol. The molecule has 0 atom stereocenters. The zero-order valence-corrected chi connectivity index (χ0v) is 25.5. The molecule has 0 N–H and O–H groups in total. The van der Waals surface area contributed by atoms with Crippen molar-refractivity contribution in [3.8, 4) is 0 Å². The molecule has 4 aromatic rings. The Kier molecular flexibility index (Phi) is 11.8. The maximum Gasteiger partial charge on any atom is 0.640 e. The van der Waals surface area contributed by atoms with Crippen molar-refractivity contribution in [3.63, 3.8) is 0 Å². The summed E-state index contributed by atoms with van der Waals surface area (Å²) < 4.78 is 77.4. The summed E-state index contributed by atoms with van der Waals surface area (Å²) in [5.41, 5.74) is -0.481. The smallest absolute Gasteiger partial charge is 0.386 e. The van der Waals surface area contributed by atoms with Gasteiger partial charge in [0.2, 0.25) is 0 Å². The van der Waals surface area contributed by atoms with E-state index in [2.05, 4.69) is 0 Å². The zero-order valence-electron chi connectivity index (χ0n) is 25.5. The number of benzene rings is 4. The standard InChI is InChI=1S/C36H39BF4O3/c1-4-7-25-42-37(43-26-8-5-2)44-36(29-13-21-33(40)22-14-29,30-15-23-34(41)24-16-30)35(6-3,27-9-17-31(38)18-10-27)28-11-19-32(39)20-12-28/h9-24H,4-8,25-26H2,1-3H3. The Hall–Kier alpha value is -3.46. The Morgan fingerprint density at radius 1 is 0.500 bits per heavy atom. The van der Waals surface area contributed by atoms with Gasteiger partial charge in [0.1, 0.15) is 28.9 Å². The fraction of sp³-hybridized carbons (Fsp3) is 0.333. The summed E-state index contributed by atoms with van der Waals surface area (Å²) >= 11 is 0. The van der Waals surface area contributed by atoms with Gasteiger partial charge in [0.25, 0.3) is 0 Å². The normalized spacial score (nSPS) is 12.0. The fourth-order valence-corrected chi connectivity index (χ4v) is 5.87. The van der Waals surface area contributed by atoms with E-state index in [1.165, 1.54) is 48.5 Å². The Labute approximate surface area is 258 Å². The van der Waals surface area contributed by atoms with Crippen molar-refractivity contribution < 1.29 is 31.5 Å². The summed E-state index contributed by atoms with van der Waals surface area (Å²) in [6, 6.07) is 23.9. The number of halogens is 4. The Morgan fingerprint density at radius 3 is 1.11 bits per heavy atom. The molecule has 0 spiro atoms. The number of hydrogen-bond donors (Lipinski definition) is 0. The van der Waals surface area contributed by atoms with Crippen LogP contribution in [0, 0.1) is 23.3 Å². The summed E-state index contributed by atoms with van der Waals surface area (Å²) in [5.74, 6) is -1.78. The van der Waals surface area contributed by atoms with Crippen LogP contribution in [-0.2, 0) is 25.0 Å². The van der Waals surface area contributed by atoms with E-state index < -0.39 is 41.6 Å². The Balaban J connectivity index is 2.13. The summed E-state index contributed by atoms with van der Waals surface area (Å²) in [6.45, 7) is 6.74. The molecule has 0 aromatic heterocycles. The lowest BCUT2D eigenvalue weighted by atomic mass is 9.56. The molecule has 0 bridgehead atoms. The molecule has 4 aromatic carbocycles. The topological polar surface area (TPSA) is 27.7 Å². The first-order valence-corrected chi connectivity index (χ1v) is 15.3. The van der Waals surface area contributed by atoms with Crippen LogP contribution in [0.1, 0.15) is 75.1 Å². The van der Waals surface area contributed by atoms with Crippen LogP contribution < -0.4 is 0 Å². The third-order valence-corrected chi connectivity index (χ3v) is 8.08. The maximum absolute atomic E-state index is 14.5. The van der Waals surface area contributed by atoms with Crippen LogP contribution in [-0.4, -0.2) is 20.5 Å². The second kappa shape index (κ2) is 15.5. The van der Waals surface area contributed by atoms with Crippen molar-refractivity contribution in [1.82, 2.24) is 0 Å². The molecule has 0 radical (unpaired) electrons. The van der Waals surface area contributed by atoms with E-state index in [4.69, 9.17) is 14.0 Å². The van der Waals surface area contributed by atoms with Crippen molar-refractivity contribution in [2.24, 2.45) is 0 Å². The van der Waals surface area contributed by atoms with Crippen molar-refractivity contribution in [2.45, 2.75) is 63.9 Å². The van der Waals surface area contributed by atoms with Gasteiger partial charge in [-0.05, 0) is 90.0 Å². The summed E-state index contributed by atoms with van der Waals surface area (Å²) in [7, 11) is -1.19. The highest BCUT2D eigenvalue weighted by Crippen LogP contribution is 2.56. The lowest BCUT2D eigenvalue weighted by Gasteiger charge is -2.52. The van der Waals surface area contributed by atoms with Crippen molar-refractivity contribution >= 4 is 7.32 Å². The lowest BCUT2D eigenvalue weighted by molar-refractivity contribution is -0.0315. The maximum atomic E-state index is 14.5. The van der Waals surface area contributed by atoms with E-state index >= 15 is 0 Å². The molecular weight excluding hydrogens is 567 g/mol. The van der Waals surface area contributed by atoms with Crippen LogP contribution in [0.15, 0.2) is 97.1 Å². The van der Waals surface area contributed by atoms with Gasteiger partial charge in [-0.25, -0.2) is 17.6 Å². The van der Waals surface area contributed by atoms with Crippen LogP contribution in [0.3, 0.4) is 0 Å². The van der Waals surface area contributed by atoms with E-state index in [0.717, 1.165) is 25.7 Å². The molecule has 0 aliphatic carbocycles. The van der Waals surface area contributed by atoms with Crippen molar-refractivity contribution in [1.29, 1.82) is 0 Å². The number of unbranched alkanes of at least 4 members (excludes halogenated alkanes) is 2. The number of hydrogen-bond acceptors (Lipinski definition) is 3.